The van der Waals surface area contributed by atoms with Gasteiger partial charge in [-0.05, 0) is 57.3 Å². The van der Waals surface area contributed by atoms with Crippen LogP contribution in [0.4, 0.5) is 0 Å². The lowest BCUT2D eigenvalue weighted by Gasteiger charge is -2.26. The van der Waals surface area contributed by atoms with Crippen molar-refractivity contribution in [2.75, 3.05) is 0 Å². The van der Waals surface area contributed by atoms with E-state index in [0.717, 1.165) is 11.8 Å². The third-order valence-electron chi connectivity index (χ3n) is 3.14. The fourth-order valence-corrected chi connectivity index (χ4v) is 2.30. The summed E-state index contributed by atoms with van der Waals surface area (Å²) in [6.45, 7) is 5.91. The van der Waals surface area contributed by atoms with Crippen molar-refractivity contribution >= 4 is 0 Å². The lowest BCUT2D eigenvalue weighted by Crippen LogP contribution is -2.12. The zero-order valence-electron chi connectivity index (χ0n) is 8.84. The van der Waals surface area contributed by atoms with Crippen LogP contribution in [0.25, 0.3) is 0 Å². The molecule has 13 heavy (non-hydrogen) atoms. The molecule has 0 atom stereocenters. The van der Waals surface area contributed by atoms with Gasteiger partial charge in [0.1, 0.15) is 0 Å². The van der Waals surface area contributed by atoms with Crippen molar-refractivity contribution in [2.24, 2.45) is 11.8 Å². The molecule has 0 heteroatoms. The van der Waals surface area contributed by atoms with E-state index < -0.39 is 0 Å². The first-order valence-electron chi connectivity index (χ1n) is 5.60. The molecule has 0 saturated heterocycles. The van der Waals surface area contributed by atoms with Crippen molar-refractivity contribution in [3.63, 3.8) is 0 Å². The van der Waals surface area contributed by atoms with Gasteiger partial charge in [-0.25, -0.2) is 0 Å². The molecule has 0 spiro atoms. The third-order valence-corrected chi connectivity index (χ3v) is 3.14. The van der Waals surface area contributed by atoms with Gasteiger partial charge >= 0.3 is 0 Å². The summed E-state index contributed by atoms with van der Waals surface area (Å²) in [5.41, 5.74) is 0. The van der Waals surface area contributed by atoms with Crippen LogP contribution in [0.15, 0.2) is 24.8 Å². The molecule has 74 valence electrons. The Morgan fingerprint density at radius 3 is 2.46 bits per heavy atom. The Morgan fingerprint density at radius 1 is 1.23 bits per heavy atom. The Balaban J connectivity index is 2.18. The molecule has 1 fully saturated rings. The standard InChI is InChI=1S/C13H22/c1-3-5-7-13-10-8-12(6-4-2)9-11-13/h3-4,6,12-13H,1,5,7-11H2,2H3/b6-4+. The minimum Gasteiger partial charge on any atom is -0.103 e. The summed E-state index contributed by atoms with van der Waals surface area (Å²) in [7, 11) is 0. The lowest BCUT2D eigenvalue weighted by atomic mass is 9.80. The van der Waals surface area contributed by atoms with Gasteiger partial charge in [0, 0.05) is 0 Å². The Morgan fingerprint density at radius 2 is 1.92 bits per heavy atom. The fraction of sp³-hybridized carbons (Fsp3) is 0.692. The molecule has 1 saturated carbocycles. The Hall–Kier alpha value is -0.520. The van der Waals surface area contributed by atoms with E-state index in [0.29, 0.717) is 0 Å². The second-order valence-corrected chi connectivity index (χ2v) is 4.17. The molecule has 1 aliphatic carbocycles. The molecule has 0 aromatic rings. The third kappa shape index (κ3) is 3.80. The number of allylic oxidation sites excluding steroid dienone is 3. The predicted molar refractivity (Wildman–Crippen MR) is 59.7 cm³/mol. The van der Waals surface area contributed by atoms with E-state index in [9.17, 15) is 0 Å². The van der Waals surface area contributed by atoms with Gasteiger partial charge in [0.2, 0.25) is 0 Å². The molecule has 1 aliphatic rings. The maximum absolute atomic E-state index is 3.78. The van der Waals surface area contributed by atoms with Crippen LogP contribution in [0.1, 0.15) is 45.4 Å². The lowest BCUT2D eigenvalue weighted by molar-refractivity contribution is 0.297. The van der Waals surface area contributed by atoms with E-state index >= 15 is 0 Å². The van der Waals surface area contributed by atoms with Crippen molar-refractivity contribution in [3.8, 4) is 0 Å². The van der Waals surface area contributed by atoms with Gasteiger partial charge < -0.3 is 0 Å². The van der Waals surface area contributed by atoms with Crippen LogP contribution in [-0.4, -0.2) is 0 Å². The smallest absolute Gasteiger partial charge is 0.0233 e. The first kappa shape index (κ1) is 10.6. The maximum Gasteiger partial charge on any atom is -0.0233 e. The molecule has 0 bridgehead atoms. The van der Waals surface area contributed by atoms with Crippen LogP contribution in [0.2, 0.25) is 0 Å². The summed E-state index contributed by atoms with van der Waals surface area (Å²) in [6, 6.07) is 0. The average molecular weight is 178 g/mol. The van der Waals surface area contributed by atoms with Gasteiger partial charge in [0.05, 0.1) is 0 Å². The molecule has 0 aromatic carbocycles. The van der Waals surface area contributed by atoms with Crippen molar-refractivity contribution in [2.45, 2.75) is 45.4 Å². The molecule has 0 radical (unpaired) electrons. The van der Waals surface area contributed by atoms with Crippen LogP contribution in [-0.2, 0) is 0 Å². The molecular weight excluding hydrogens is 156 g/mol. The van der Waals surface area contributed by atoms with Gasteiger partial charge in [-0.15, -0.1) is 6.58 Å². The molecule has 1 rings (SSSR count). The minimum atomic E-state index is 0.880. The highest BCUT2D eigenvalue weighted by molar-refractivity contribution is 4.89. The summed E-state index contributed by atoms with van der Waals surface area (Å²) in [5.74, 6) is 1.87. The highest BCUT2D eigenvalue weighted by Crippen LogP contribution is 2.32. The maximum atomic E-state index is 3.78. The van der Waals surface area contributed by atoms with E-state index in [1.807, 2.05) is 0 Å². The van der Waals surface area contributed by atoms with E-state index in [-0.39, 0.29) is 0 Å². The quantitative estimate of drug-likeness (QED) is 0.562. The largest absolute Gasteiger partial charge is 0.103 e. The summed E-state index contributed by atoms with van der Waals surface area (Å²) in [4.78, 5) is 0. The van der Waals surface area contributed by atoms with Gasteiger partial charge in [-0.3, -0.25) is 0 Å². The van der Waals surface area contributed by atoms with E-state index in [4.69, 9.17) is 0 Å². The van der Waals surface area contributed by atoms with Crippen LogP contribution in [0.3, 0.4) is 0 Å². The normalized spacial score (nSPS) is 29.3. The first-order valence-corrected chi connectivity index (χ1v) is 5.60. The van der Waals surface area contributed by atoms with Crippen molar-refractivity contribution in [1.82, 2.24) is 0 Å². The molecule has 0 unspecified atom stereocenters. The zero-order valence-corrected chi connectivity index (χ0v) is 8.84. The Bertz CT molecular complexity index is 159. The number of hydrogen-bond donors (Lipinski definition) is 0. The van der Waals surface area contributed by atoms with Gasteiger partial charge in [-0.1, -0.05) is 18.2 Å². The summed E-state index contributed by atoms with van der Waals surface area (Å²) in [6.07, 6.45) is 14.9. The highest BCUT2D eigenvalue weighted by Gasteiger charge is 2.18. The van der Waals surface area contributed by atoms with Crippen LogP contribution in [0.5, 0.6) is 0 Å². The molecule has 0 aromatic heterocycles. The monoisotopic (exact) mass is 178 g/mol. The molecule has 0 amide bonds. The molecular formula is C13H22. The predicted octanol–water partition coefficient (Wildman–Crippen LogP) is 4.34. The Labute approximate surface area is 82.7 Å². The zero-order chi connectivity index (χ0) is 9.52. The topological polar surface area (TPSA) is 0 Å². The molecule has 0 aliphatic heterocycles. The van der Waals surface area contributed by atoms with Crippen LogP contribution >= 0.6 is 0 Å². The van der Waals surface area contributed by atoms with Gasteiger partial charge in [-0.2, -0.15) is 0 Å². The molecule has 0 N–H and O–H groups in total. The average Bonchev–Trinajstić information content (AvgIpc) is 2.17. The van der Waals surface area contributed by atoms with Crippen molar-refractivity contribution in [1.29, 1.82) is 0 Å². The van der Waals surface area contributed by atoms with Crippen molar-refractivity contribution in [3.05, 3.63) is 24.8 Å². The summed E-state index contributed by atoms with van der Waals surface area (Å²) in [5, 5.41) is 0. The first-order chi connectivity index (χ1) is 6.36. The van der Waals surface area contributed by atoms with Crippen LogP contribution in [0, 0.1) is 11.8 Å². The van der Waals surface area contributed by atoms with Gasteiger partial charge in [0.25, 0.3) is 0 Å². The molecule has 0 nitrogen and oxygen atoms in total. The fourth-order valence-electron chi connectivity index (χ4n) is 2.30. The second kappa shape index (κ2) is 6.01. The Kier molecular flexibility index (Phi) is 4.88. The molecule has 0 heterocycles. The van der Waals surface area contributed by atoms with E-state index in [2.05, 4.69) is 31.7 Å². The SMILES string of the molecule is C=CCCC1CCC(/C=C/C)CC1. The highest BCUT2D eigenvalue weighted by atomic mass is 14.2. The van der Waals surface area contributed by atoms with Crippen molar-refractivity contribution < 1.29 is 0 Å². The second-order valence-electron chi connectivity index (χ2n) is 4.17. The van der Waals surface area contributed by atoms with Gasteiger partial charge in [0.15, 0.2) is 0 Å². The number of hydrogen-bond acceptors (Lipinski definition) is 0. The minimum absolute atomic E-state index is 0.880. The summed E-state index contributed by atoms with van der Waals surface area (Å²) >= 11 is 0. The van der Waals surface area contributed by atoms with E-state index in [1.165, 1.54) is 38.5 Å². The summed E-state index contributed by atoms with van der Waals surface area (Å²) < 4.78 is 0. The van der Waals surface area contributed by atoms with E-state index in [1.54, 1.807) is 0 Å². The number of rotatable bonds is 4. The van der Waals surface area contributed by atoms with Crippen LogP contribution < -0.4 is 0 Å².